The Balaban J connectivity index is 1.40. The summed E-state index contributed by atoms with van der Waals surface area (Å²) in [6.45, 7) is 2.71. The summed E-state index contributed by atoms with van der Waals surface area (Å²) >= 11 is 0. The van der Waals surface area contributed by atoms with Gasteiger partial charge in [0, 0.05) is 37.1 Å². The molecule has 0 spiro atoms. The fourth-order valence-electron chi connectivity index (χ4n) is 3.70. The summed E-state index contributed by atoms with van der Waals surface area (Å²) in [6.07, 6.45) is 5.46. The number of aryl methyl sites for hydroxylation is 1. The molecule has 0 aliphatic carbocycles. The first-order valence-electron chi connectivity index (χ1n) is 10.8. The van der Waals surface area contributed by atoms with Gasteiger partial charge in [-0.2, -0.15) is 0 Å². The zero-order valence-electron chi connectivity index (χ0n) is 18.3. The topological polar surface area (TPSA) is 79.9 Å². The smallest absolute Gasteiger partial charge is 0.313 e. The van der Waals surface area contributed by atoms with Crippen molar-refractivity contribution in [2.45, 2.75) is 32.1 Å². The SMILES string of the molecule is COc1ccc(NC(=O)C(=O)NCCCc2ccc(N3CCCCC3)cc2)cc1OC. The van der Waals surface area contributed by atoms with Crippen LogP contribution in [0.3, 0.4) is 0 Å². The lowest BCUT2D eigenvalue weighted by Gasteiger charge is -2.28. The van der Waals surface area contributed by atoms with Crippen molar-refractivity contribution >= 4 is 23.2 Å². The van der Waals surface area contributed by atoms with Gasteiger partial charge in [0.05, 0.1) is 14.2 Å². The predicted molar refractivity (Wildman–Crippen MR) is 122 cm³/mol. The zero-order chi connectivity index (χ0) is 22.1. The molecule has 166 valence electrons. The van der Waals surface area contributed by atoms with Crippen molar-refractivity contribution < 1.29 is 19.1 Å². The van der Waals surface area contributed by atoms with E-state index in [1.165, 1.54) is 44.7 Å². The summed E-state index contributed by atoms with van der Waals surface area (Å²) in [5.74, 6) is -0.339. The van der Waals surface area contributed by atoms with E-state index < -0.39 is 11.8 Å². The van der Waals surface area contributed by atoms with E-state index in [1.54, 1.807) is 18.2 Å². The number of piperidine rings is 1. The Kier molecular flexibility index (Phi) is 8.15. The highest BCUT2D eigenvalue weighted by molar-refractivity contribution is 6.39. The summed E-state index contributed by atoms with van der Waals surface area (Å²) in [7, 11) is 3.05. The molecule has 3 rings (SSSR count). The molecule has 1 saturated heterocycles. The number of rotatable bonds is 8. The Hall–Kier alpha value is -3.22. The van der Waals surface area contributed by atoms with Gasteiger partial charge < -0.3 is 25.0 Å². The molecule has 0 atom stereocenters. The third-order valence-electron chi connectivity index (χ3n) is 5.43. The number of methoxy groups -OCH3 is 2. The molecular formula is C24H31N3O4. The van der Waals surface area contributed by atoms with E-state index in [9.17, 15) is 9.59 Å². The summed E-state index contributed by atoms with van der Waals surface area (Å²) < 4.78 is 10.4. The number of benzene rings is 2. The zero-order valence-corrected chi connectivity index (χ0v) is 18.3. The molecular weight excluding hydrogens is 394 g/mol. The van der Waals surface area contributed by atoms with Gasteiger partial charge in [0.1, 0.15) is 0 Å². The molecule has 0 saturated carbocycles. The Labute approximate surface area is 183 Å². The Morgan fingerprint density at radius 3 is 2.29 bits per heavy atom. The number of nitrogens with zero attached hydrogens (tertiary/aromatic N) is 1. The van der Waals surface area contributed by atoms with Crippen LogP contribution in [-0.2, 0) is 16.0 Å². The maximum Gasteiger partial charge on any atom is 0.313 e. The minimum Gasteiger partial charge on any atom is -0.493 e. The lowest BCUT2D eigenvalue weighted by atomic mass is 10.1. The van der Waals surface area contributed by atoms with Crippen molar-refractivity contribution in [2.75, 3.05) is 44.1 Å². The van der Waals surface area contributed by atoms with Gasteiger partial charge >= 0.3 is 11.8 Å². The van der Waals surface area contributed by atoms with Crippen LogP contribution in [0.15, 0.2) is 42.5 Å². The highest BCUT2D eigenvalue weighted by atomic mass is 16.5. The van der Waals surface area contributed by atoms with E-state index in [1.807, 2.05) is 0 Å². The highest BCUT2D eigenvalue weighted by Crippen LogP contribution is 2.29. The standard InChI is InChI=1S/C24H31N3O4/c1-30-21-13-10-19(17-22(21)31-2)26-24(29)23(28)25-14-6-7-18-8-11-20(12-9-18)27-15-4-3-5-16-27/h8-13,17H,3-7,14-16H2,1-2H3,(H,25,28)(H,26,29). The van der Waals surface area contributed by atoms with Gasteiger partial charge in [0.25, 0.3) is 0 Å². The second-order valence-corrected chi connectivity index (χ2v) is 7.60. The van der Waals surface area contributed by atoms with Gasteiger partial charge in [0.15, 0.2) is 11.5 Å². The van der Waals surface area contributed by atoms with E-state index in [2.05, 4.69) is 39.8 Å². The first-order chi connectivity index (χ1) is 15.1. The summed E-state index contributed by atoms with van der Waals surface area (Å²) in [6, 6.07) is 13.6. The van der Waals surface area contributed by atoms with Crippen LogP contribution in [0.5, 0.6) is 11.5 Å². The normalized spacial score (nSPS) is 13.4. The van der Waals surface area contributed by atoms with Gasteiger partial charge in [-0.05, 0) is 61.9 Å². The first-order valence-corrected chi connectivity index (χ1v) is 10.8. The summed E-state index contributed by atoms with van der Waals surface area (Å²) in [5, 5.41) is 5.24. The van der Waals surface area contributed by atoms with Crippen molar-refractivity contribution in [1.82, 2.24) is 5.32 Å². The number of amides is 2. The second kappa shape index (κ2) is 11.2. The lowest BCUT2D eigenvalue weighted by molar-refractivity contribution is -0.136. The van der Waals surface area contributed by atoms with Crippen LogP contribution >= 0.6 is 0 Å². The third kappa shape index (κ3) is 6.38. The van der Waals surface area contributed by atoms with E-state index in [-0.39, 0.29) is 0 Å². The van der Waals surface area contributed by atoms with Gasteiger partial charge in [-0.1, -0.05) is 12.1 Å². The lowest BCUT2D eigenvalue weighted by Crippen LogP contribution is -2.36. The number of carbonyl (C=O) groups is 2. The van der Waals surface area contributed by atoms with Crippen LogP contribution in [0.4, 0.5) is 11.4 Å². The summed E-state index contributed by atoms with van der Waals surface area (Å²) in [4.78, 5) is 26.6. The largest absolute Gasteiger partial charge is 0.493 e. The molecule has 1 aliphatic heterocycles. The quantitative estimate of drug-likeness (QED) is 0.501. The van der Waals surface area contributed by atoms with Gasteiger partial charge in [0.2, 0.25) is 0 Å². The predicted octanol–water partition coefficient (Wildman–Crippen LogP) is 3.38. The third-order valence-corrected chi connectivity index (χ3v) is 5.43. The minimum absolute atomic E-state index is 0.437. The Morgan fingerprint density at radius 1 is 0.903 bits per heavy atom. The highest BCUT2D eigenvalue weighted by Gasteiger charge is 2.15. The fourth-order valence-corrected chi connectivity index (χ4v) is 3.70. The number of nitrogens with one attached hydrogen (secondary N) is 2. The van der Waals surface area contributed by atoms with Crippen LogP contribution in [0.1, 0.15) is 31.2 Å². The molecule has 7 heteroatoms. The minimum atomic E-state index is -0.710. The number of hydrogen-bond donors (Lipinski definition) is 2. The molecule has 2 amide bonds. The number of anilines is 2. The molecule has 0 unspecified atom stereocenters. The van der Waals surface area contributed by atoms with Crippen molar-refractivity contribution in [3.63, 3.8) is 0 Å². The van der Waals surface area contributed by atoms with Crippen molar-refractivity contribution in [3.8, 4) is 11.5 Å². The maximum absolute atomic E-state index is 12.1. The Morgan fingerprint density at radius 2 is 1.61 bits per heavy atom. The van der Waals surface area contributed by atoms with E-state index >= 15 is 0 Å². The fraction of sp³-hybridized carbons (Fsp3) is 0.417. The van der Waals surface area contributed by atoms with Crippen molar-refractivity contribution in [3.05, 3.63) is 48.0 Å². The molecule has 0 bridgehead atoms. The monoisotopic (exact) mass is 425 g/mol. The van der Waals surface area contributed by atoms with Gasteiger partial charge in [-0.3, -0.25) is 9.59 Å². The van der Waals surface area contributed by atoms with Crippen molar-refractivity contribution in [1.29, 1.82) is 0 Å². The Bertz CT molecular complexity index is 877. The average molecular weight is 426 g/mol. The van der Waals surface area contributed by atoms with Crippen LogP contribution in [0, 0.1) is 0 Å². The second-order valence-electron chi connectivity index (χ2n) is 7.60. The van der Waals surface area contributed by atoms with E-state index in [4.69, 9.17) is 9.47 Å². The molecule has 1 heterocycles. The van der Waals surface area contributed by atoms with Crippen LogP contribution < -0.4 is 25.0 Å². The molecule has 31 heavy (non-hydrogen) atoms. The molecule has 7 nitrogen and oxygen atoms in total. The first kappa shape index (κ1) is 22.5. The number of hydrogen-bond acceptors (Lipinski definition) is 5. The van der Waals surface area contributed by atoms with Crippen LogP contribution in [-0.4, -0.2) is 45.7 Å². The van der Waals surface area contributed by atoms with Crippen molar-refractivity contribution in [2.24, 2.45) is 0 Å². The molecule has 1 fully saturated rings. The molecule has 2 aromatic carbocycles. The summed E-state index contributed by atoms with van der Waals surface area (Å²) in [5.41, 5.74) is 2.97. The van der Waals surface area contributed by atoms with Crippen LogP contribution in [0.2, 0.25) is 0 Å². The molecule has 2 N–H and O–H groups in total. The maximum atomic E-state index is 12.1. The number of ether oxygens (including phenoxy) is 2. The molecule has 1 aliphatic rings. The molecule has 0 aromatic heterocycles. The van der Waals surface area contributed by atoms with E-state index in [0.717, 1.165) is 25.9 Å². The number of carbonyl (C=O) groups excluding carboxylic acids is 2. The van der Waals surface area contributed by atoms with Gasteiger partial charge in [-0.15, -0.1) is 0 Å². The molecule has 0 radical (unpaired) electrons. The van der Waals surface area contributed by atoms with Crippen LogP contribution in [0.25, 0.3) is 0 Å². The molecule has 2 aromatic rings. The van der Waals surface area contributed by atoms with E-state index in [0.29, 0.717) is 23.7 Å². The average Bonchev–Trinajstić information content (AvgIpc) is 2.82. The van der Waals surface area contributed by atoms with Gasteiger partial charge in [-0.25, -0.2) is 0 Å².